The molecular weight excluding hydrogens is 252 g/mol. The average molecular weight is 266 g/mol. The Morgan fingerprint density at radius 2 is 1.85 bits per heavy atom. The van der Waals surface area contributed by atoms with Crippen LogP contribution in [0.25, 0.3) is 16.9 Å². The van der Waals surface area contributed by atoms with Crippen LogP contribution in [0.3, 0.4) is 0 Å². The molecule has 0 radical (unpaired) electrons. The van der Waals surface area contributed by atoms with Gasteiger partial charge in [0.25, 0.3) is 0 Å². The summed E-state index contributed by atoms with van der Waals surface area (Å²) >= 11 is 0. The fraction of sp³-hybridized carbons (Fsp3) is 0.0625. The largest absolute Gasteiger partial charge is 0.507 e. The number of aromatic hydroxyl groups is 1. The second-order valence-electron chi connectivity index (χ2n) is 4.35. The number of ether oxygens (including phenoxy) is 1. The Labute approximate surface area is 116 Å². The highest BCUT2D eigenvalue weighted by molar-refractivity contribution is 5.69. The summed E-state index contributed by atoms with van der Waals surface area (Å²) in [5.74, 6) is 0.791. The van der Waals surface area contributed by atoms with Gasteiger partial charge in [-0.25, -0.2) is 4.68 Å². The van der Waals surface area contributed by atoms with Gasteiger partial charge in [-0.05, 0) is 30.3 Å². The molecule has 0 amide bonds. The smallest absolute Gasteiger partial charge is 0.128 e. The lowest BCUT2D eigenvalue weighted by molar-refractivity contribution is 0.408. The standard InChI is InChI=1S/C16H14N2O2/c1-20-13-7-8-14(16(19)11-13)15-9-10-17-18(15)12-5-3-2-4-6-12/h2-11,19H,1H3. The summed E-state index contributed by atoms with van der Waals surface area (Å²) in [5.41, 5.74) is 2.49. The Morgan fingerprint density at radius 3 is 2.55 bits per heavy atom. The minimum Gasteiger partial charge on any atom is -0.507 e. The predicted octanol–water partition coefficient (Wildman–Crippen LogP) is 3.25. The molecule has 0 saturated heterocycles. The lowest BCUT2D eigenvalue weighted by Crippen LogP contribution is -1.98. The Balaban J connectivity index is 2.11. The second-order valence-corrected chi connectivity index (χ2v) is 4.35. The molecule has 100 valence electrons. The SMILES string of the molecule is COc1ccc(-c2ccnn2-c2ccccc2)c(O)c1. The molecule has 0 bridgehead atoms. The first kappa shape index (κ1) is 12.3. The molecule has 1 N–H and O–H groups in total. The van der Waals surface area contributed by atoms with Gasteiger partial charge < -0.3 is 9.84 Å². The van der Waals surface area contributed by atoms with Crippen LogP contribution >= 0.6 is 0 Å². The second kappa shape index (κ2) is 5.09. The summed E-state index contributed by atoms with van der Waals surface area (Å²) in [6, 6.07) is 16.9. The fourth-order valence-electron chi connectivity index (χ4n) is 2.14. The molecule has 0 aliphatic heterocycles. The molecule has 0 aliphatic rings. The van der Waals surface area contributed by atoms with E-state index in [0.717, 1.165) is 11.4 Å². The number of nitrogens with zero attached hydrogens (tertiary/aromatic N) is 2. The van der Waals surface area contributed by atoms with Crippen LogP contribution in [-0.4, -0.2) is 22.0 Å². The van der Waals surface area contributed by atoms with Gasteiger partial charge in [-0.3, -0.25) is 0 Å². The Kier molecular flexibility index (Phi) is 3.13. The number of rotatable bonds is 3. The number of phenols is 1. The van der Waals surface area contributed by atoms with E-state index in [0.29, 0.717) is 11.3 Å². The highest BCUT2D eigenvalue weighted by Crippen LogP contribution is 2.33. The minimum atomic E-state index is 0.169. The van der Waals surface area contributed by atoms with E-state index >= 15 is 0 Å². The number of phenolic OH excluding ortho intramolecular Hbond substituents is 1. The zero-order valence-corrected chi connectivity index (χ0v) is 11.0. The zero-order valence-electron chi connectivity index (χ0n) is 11.0. The number of para-hydroxylation sites is 1. The maximum Gasteiger partial charge on any atom is 0.128 e. The minimum absolute atomic E-state index is 0.169. The Hall–Kier alpha value is -2.75. The van der Waals surface area contributed by atoms with Crippen molar-refractivity contribution in [3.63, 3.8) is 0 Å². The predicted molar refractivity (Wildman–Crippen MR) is 77.2 cm³/mol. The fourth-order valence-corrected chi connectivity index (χ4v) is 2.14. The van der Waals surface area contributed by atoms with Gasteiger partial charge in [-0.1, -0.05) is 18.2 Å². The molecule has 1 aromatic heterocycles. The molecule has 2 aromatic carbocycles. The highest BCUT2D eigenvalue weighted by atomic mass is 16.5. The first-order valence-electron chi connectivity index (χ1n) is 6.26. The topological polar surface area (TPSA) is 47.3 Å². The third kappa shape index (κ3) is 2.12. The molecule has 0 saturated carbocycles. The van der Waals surface area contributed by atoms with E-state index in [2.05, 4.69) is 5.10 Å². The van der Waals surface area contributed by atoms with E-state index in [9.17, 15) is 5.11 Å². The molecule has 0 unspecified atom stereocenters. The maximum atomic E-state index is 10.1. The third-order valence-electron chi connectivity index (χ3n) is 3.12. The molecule has 20 heavy (non-hydrogen) atoms. The molecule has 3 rings (SSSR count). The first-order valence-corrected chi connectivity index (χ1v) is 6.26. The van der Waals surface area contributed by atoms with Gasteiger partial charge >= 0.3 is 0 Å². The van der Waals surface area contributed by atoms with Crippen LogP contribution in [0.4, 0.5) is 0 Å². The third-order valence-corrected chi connectivity index (χ3v) is 3.12. The van der Waals surface area contributed by atoms with Gasteiger partial charge in [0.05, 0.1) is 24.7 Å². The quantitative estimate of drug-likeness (QED) is 0.791. The van der Waals surface area contributed by atoms with Crippen LogP contribution in [0.5, 0.6) is 11.5 Å². The van der Waals surface area contributed by atoms with Gasteiger partial charge in [-0.2, -0.15) is 5.10 Å². The van der Waals surface area contributed by atoms with Gasteiger partial charge in [-0.15, -0.1) is 0 Å². The van der Waals surface area contributed by atoms with E-state index in [-0.39, 0.29) is 5.75 Å². The van der Waals surface area contributed by atoms with E-state index in [1.807, 2.05) is 48.5 Å². The number of aromatic nitrogens is 2. The first-order chi connectivity index (χ1) is 9.79. The molecule has 4 heteroatoms. The number of hydrogen-bond acceptors (Lipinski definition) is 3. The Morgan fingerprint density at radius 1 is 1.05 bits per heavy atom. The van der Waals surface area contributed by atoms with Crippen LogP contribution in [-0.2, 0) is 0 Å². The summed E-state index contributed by atoms with van der Waals surface area (Å²) in [4.78, 5) is 0. The van der Waals surface area contributed by atoms with Crippen LogP contribution < -0.4 is 4.74 Å². The number of methoxy groups -OCH3 is 1. The van der Waals surface area contributed by atoms with Gasteiger partial charge in [0, 0.05) is 11.6 Å². The lowest BCUT2D eigenvalue weighted by atomic mass is 10.1. The molecular formula is C16H14N2O2. The zero-order chi connectivity index (χ0) is 13.9. The molecule has 0 fully saturated rings. The lowest BCUT2D eigenvalue weighted by Gasteiger charge is -2.10. The molecule has 4 nitrogen and oxygen atoms in total. The average Bonchev–Trinajstić information content (AvgIpc) is 2.97. The van der Waals surface area contributed by atoms with Crippen molar-refractivity contribution in [1.29, 1.82) is 0 Å². The summed E-state index contributed by atoms with van der Waals surface area (Å²) in [7, 11) is 1.57. The van der Waals surface area contributed by atoms with Crippen LogP contribution in [0.15, 0.2) is 60.8 Å². The van der Waals surface area contributed by atoms with Crippen molar-refractivity contribution >= 4 is 0 Å². The van der Waals surface area contributed by atoms with Crippen molar-refractivity contribution in [1.82, 2.24) is 9.78 Å². The van der Waals surface area contributed by atoms with Gasteiger partial charge in [0.15, 0.2) is 0 Å². The molecule has 0 aliphatic carbocycles. The van der Waals surface area contributed by atoms with Gasteiger partial charge in [0.1, 0.15) is 11.5 Å². The summed E-state index contributed by atoms with van der Waals surface area (Å²) in [6.07, 6.45) is 1.71. The van der Waals surface area contributed by atoms with E-state index in [1.165, 1.54) is 0 Å². The molecule has 1 heterocycles. The number of hydrogen-bond donors (Lipinski definition) is 1. The van der Waals surface area contributed by atoms with Crippen LogP contribution in [0.1, 0.15) is 0 Å². The van der Waals surface area contributed by atoms with Crippen molar-refractivity contribution < 1.29 is 9.84 Å². The summed E-state index contributed by atoms with van der Waals surface area (Å²) in [6.45, 7) is 0. The molecule has 3 aromatic rings. The van der Waals surface area contributed by atoms with Crippen molar-refractivity contribution in [2.75, 3.05) is 7.11 Å². The van der Waals surface area contributed by atoms with E-state index < -0.39 is 0 Å². The monoisotopic (exact) mass is 266 g/mol. The van der Waals surface area contributed by atoms with Crippen molar-refractivity contribution in [3.05, 3.63) is 60.8 Å². The molecule has 0 atom stereocenters. The van der Waals surface area contributed by atoms with Crippen LogP contribution in [0.2, 0.25) is 0 Å². The van der Waals surface area contributed by atoms with E-state index in [1.54, 1.807) is 24.1 Å². The van der Waals surface area contributed by atoms with Crippen LogP contribution in [0, 0.1) is 0 Å². The Bertz CT molecular complexity index is 720. The van der Waals surface area contributed by atoms with E-state index in [4.69, 9.17) is 4.74 Å². The highest BCUT2D eigenvalue weighted by Gasteiger charge is 2.11. The van der Waals surface area contributed by atoms with Crippen molar-refractivity contribution in [2.24, 2.45) is 0 Å². The number of benzene rings is 2. The molecule has 0 spiro atoms. The maximum absolute atomic E-state index is 10.1. The van der Waals surface area contributed by atoms with Gasteiger partial charge in [0.2, 0.25) is 0 Å². The summed E-state index contributed by atoms with van der Waals surface area (Å²) in [5, 5.41) is 14.5. The summed E-state index contributed by atoms with van der Waals surface area (Å²) < 4.78 is 6.89. The normalized spacial score (nSPS) is 10.4. The van der Waals surface area contributed by atoms with Crippen molar-refractivity contribution in [2.45, 2.75) is 0 Å². The van der Waals surface area contributed by atoms with Crippen molar-refractivity contribution in [3.8, 4) is 28.4 Å².